The highest BCUT2D eigenvalue weighted by Crippen LogP contribution is 2.35. The second-order valence-corrected chi connectivity index (χ2v) is 5.89. The monoisotopic (exact) mass is 289 g/mol. The molecule has 1 aliphatic heterocycles. The van der Waals surface area contributed by atoms with E-state index in [1.54, 1.807) is 0 Å². The van der Waals surface area contributed by atoms with Crippen molar-refractivity contribution in [2.45, 2.75) is 45.7 Å². The standard InChI is InChI=1S/C16H23N3O2/c1-4-11(17)9-19-13-8-15-14(20-5-6-21-15)7-12(13)18-16(19)10(2)3/h7-8,10-11H,4-6,9,17H2,1-3H3. The van der Waals surface area contributed by atoms with Gasteiger partial charge in [-0.3, -0.25) is 0 Å². The number of imidazole rings is 1. The molecule has 0 saturated heterocycles. The Morgan fingerprint density at radius 2 is 1.90 bits per heavy atom. The normalized spacial score (nSPS) is 15.7. The molecular weight excluding hydrogens is 266 g/mol. The number of rotatable bonds is 4. The maximum absolute atomic E-state index is 6.16. The molecular formula is C16H23N3O2. The van der Waals surface area contributed by atoms with Gasteiger partial charge in [-0.1, -0.05) is 20.8 Å². The lowest BCUT2D eigenvalue weighted by Gasteiger charge is -2.19. The van der Waals surface area contributed by atoms with Crippen LogP contribution in [-0.2, 0) is 6.54 Å². The molecule has 0 saturated carbocycles. The number of nitrogens with zero attached hydrogens (tertiary/aromatic N) is 2. The Labute approximate surface area is 125 Å². The third-order valence-electron chi connectivity index (χ3n) is 3.90. The summed E-state index contributed by atoms with van der Waals surface area (Å²) in [4.78, 5) is 4.78. The van der Waals surface area contributed by atoms with Gasteiger partial charge in [0.1, 0.15) is 19.0 Å². The Morgan fingerprint density at radius 1 is 1.24 bits per heavy atom. The molecule has 0 amide bonds. The van der Waals surface area contributed by atoms with E-state index in [0.29, 0.717) is 19.1 Å². The first kappa shape index (κ1) is 14.2. The molecule has 0 radical (unpaired) electrons. The smallest absolute Gasteiger partial charge is 0.163 e. The molecule has 2 aromatic rings. The molecule has 2 N–H and O–H groups in total. The van der Waals surface area contributed by atoms with Crippen LogP contribution in [0.25, 0.3) is 11.0 Å². The van der Waals surface area contributed by atoms with Gasteiger partial charge in [0.25, 0.3) is 0 Å². The molecule has 0 bridgehead atoms. The maximum atomic E-state index is 6.16. The van der Waals surface area contributed by atoms with Gasteiger partial charge in [0.2, 0.25) is 0 Å². The van der Waals surface area contributed by atoms with Crippen molar-refractivity contribution in [2.24, 2.45) is 5.73 Å². The molecule has 1 aliphatic rings. The molecule has 5 nitrogen and oxygen atoms in total. The van der Waals surface area contributed by atoms with Crippen LogP contribution in [0, 0.1) is 0 Å². The van der Waals surface area contributed by atoms with Crippen LogP contribution in [0.5, 0.6) is 11.5 Å². The fourth-order valence-corrected chi connectivity index (χ4v) is 2.68. The molecule has 0 fully saturated rings. The number of hydrogen-bond donors (Lipinski definition) is 1. The van der Waals surface area contributed by atoms with Crippen molar-refractivity contribution in [1.82, 2.24) is 9.55 Å². The molecule has 114 valence electrons. The first-order valence-corrected chi connectivity index (χ1v) is 7.65. The van der Waals surface area contributed by atoms with Gasteiger partial charge in [0.15, 0.2) is 11.5 Å². The number of hydrogen-bond acceptors (Lipinski definition) is 4. The minimum atomic E-state index is 0.133. The molecule has 1 aromatic heterocycles. The third kappa shape index (κ3) is 2.58. The predicted octanol–water partition coefficient (Wildman–Crippen LogP) is 2.67. The van der Waals surface area contributed by atoms with Crippen molar-refractivity contribution >= 4 is 11.0 Å². The number of ether oxygens (including phenoxy) is 2. The van der Waals surface area contributed by atoms with Gasteiger partial charge in [-0.25, -0.2) is 4.98 Å². The summed E-state index contributed by atoms with van der Waals surface area (Å²) >= 11 is 0. The Bertz CT molecular complexity index is 648. The summed E-state index contributed by atoms with van der Waals surface area (Å²) in [7, 11) is 0. The highest BCUT2D eigenvalue weighted by molar-refractivity contribution is 5.81. The summed E-state index contributed by atoms with van der Waals surface area (Å²) in [6, 6.07) is 4.14. The molecule has 5 heteroatoms. The summed E-state index contributed by atoms with van der Waals surface area (Å²) in [5.74, 6) is 3.00. The summed E-state index contributed by atoms with van der Waals surface area (Å²) in [6.07, 6.45) is 0.946. The van der Waals surface area contributed by atoms with E-state index in [4.69, 9.17) is 20.2 Å². The number of benzene rings is 1. The Hall–Kier alpha value is -1.75. The van der Waals surface area contributed by atoms with Gasteiger partial charge in [-0.2, -0.15) is 0 Å². The van der Waals surface area contributed by atoms with Crippen LogP contribution in [0.3, 0.4) is 0 Å². The first-order chi connectivity index (χ1) is 10.1. The number of fused-ring (bicyclic) bond motifs is 2. The quantitative estimate of drug-likeness (QED) is 0.940. The zero-order chi connectivity index (χ0) is 15.0. The van der Waals surface area contributed by atoms with E-state index in [-0.39, 0.29) is 6.04 Å². The van der Waals surface area contributed by atoms with E-state index in [2.05, 4.69) is 25.3 Å². The molecule has 1 aromatic carbocycles. The molecule has 3 rings (SSSR count). The van der Waals surface area contributed by atoms with Crippen molar-refractivity contribution < 1.29 is 9.47 Å². The van der Waals surface area contributed by atoms with Gasteiger partial charge >= 0.3 is 0 Å². The van der Waals surface area contributed by atoms with Crippen LogP contribution in [0.4, 0.5) is 0 Å². The minimum Gasteiger partial charge on any atom is -0.486 e. The fourth-order valence-electron chi connectivity index (χ4n) is 2.68. The van der Waals surface area contributed by atoms with Gasteiger partial charge < -0.3 is 19.8 Å². The zero-order valence-corrected chi connectivity index (χ0v) is 12.9. The molecule has 1 unspecified atom stereocenters. The van der Waals surface area contributed by atoms with E-state index in [0.717, 1.165) is 41.3 Å². The van der Waals surface area contributed by atoms with Crippen LogP contribution in [0.15, 0.2) is 12.1 Å². The van der Waals surface area contributed by atoms with Gasteiger partial charge in [-0.15, -0.1) is 0 Å². The minimum absolute atomic E-state index is 0.133. The topological polar surface area (TPSA) is 62.3 Å². The van der Waals surface area contributed by atoms with Crippen LogP contribution < -0.4 is 15.2 Å². The Morgan fingerprint density at radius 3 is 2.52 bits per heavy atom. The average molecular weight is 289 g/mol. The lowest BCUT2D eigenvalue weighted by molar-refractivity contribution is 0.172. The molecule has 0 spiro atoms. The van der Waals surface area contributed by atoms with E-state index in [1.165, 1.54) is 0 Å². The zero-order valence-electron chi connectivity index (χ0n) is 12.9. The van der Waals surface area contributed by atoms with Crippen LogP contribution in [0.1, 0.15) is 38.9 Å². The van der Waals surface area contributed by atoms with Crippen LogP contribution in [0.2, 0.25) is 0 Å². The van der Waals surface area contributed by atoms with E-state index in [1.807, 2.05) is 12.1 Å². The summed E-state index contributed by atoms with van der Waals surface area (Å²) < 4.78 is 13.6. The van der Waals surface area contributed by atoms with Crippen molar-refractivity contribution in [1.29, 1.82) is 0 Å². The summed E-state index contributed by atoms with van der Waals surface area (Å²) in [6.45, 7) is 8.39. The van der Waals surface area contributed by atoms with Crippen molar-refractivity contribution in [3.05, 3.63) is 18.0 Å². The van der Waals surface area contributed by atoms with Crippen LogP contribution in [-0.4, -0.2) is 28.8 Å². The van der Waals surface area contributed by atoms with E-state index >= 15 is 0 Å². The highest BCUT2D eigenvalue weighted by atomic mass is 16.6. The van der Waals surface area contributed by atoms with E-state index < -0.39 is 0 Å². The maximum Gasteiger partial charge on any atom is 0.163 e. The predicted molar refractivity (Wildman–Crippen MR) is 83.1 cm³/mol. The van der Waals surface area contributed by atoms with Gasteiger partial charge in [0.05, 0.1) is 11.0 Å². The van der Waals surface area contributed by atoms with Crippen molar-refractivity contribution in [3.8, 4) is 11.5 Å². The van der Waals surface area contributed by atoms with Gasteiger partial charge in [-0.05, 0) is 6.42 Å². The second-order valence-electron chi connectivity index (χ2n) is 5.89. The molecule has 2 heterocycles. The largest absolute Gasteiger partial charge is 0.486 e. The van der Waals surface area contributed by atoms with Crippen molar-refractivity contribution in [3.63, 3.8) is 0 Å². The molecule has 0 aliphatic carbocycles. The van der Waals surface area contributed by atoms with Gasteiger partial charge in [0, 0.05) is 30.6 Å². The SMILES string of the molecule is CCC(N)Cn1c(C(C)C)nc2cc3c(cc21)OCCO3. The van der Waals surface area contributed by atoms with Crippen LogP contribution >= 0.6 is 0 Å². The summed E-state index contributed by atoms with van der Waals surface area (Å²) in [5, 5.41) is 0. The summed E-state index contributed by atoms with van der Waals surface area (Å²) in [5.41, 5.74) is 8.18. The fraction of sp³-hybridized carbons (Fsp3) is 0.562. The van der Waals surface area contributed by atoms with E-state index in [9.17, 15) is 0 Å². The Balaban J connectivity index is 2.14. The number of aromatic nitrogens is 2. The number of nitrogens with two attached hydrogens (primary N) is 1. The molecule has 21 heavy (non-hydrogen) atoms. The molecule has 1 atom stereocenters. The Kier molecular flexibility index (Phi) is 3.76. The lowest BCUT2D eigenvalue weighted by Crippen LogP contribution is -2.26. The third-order valence-corrected chi connectivity index (χ3v) is 3.90. The van der Waals surface area contributed by atoms with Crippen molar-refractivity contribution in [2.75, 3.05) is 13.2 Å². The lowest BCUT2D eigenvalue weighted by atomic mass is 10.2. The average Bonchev–Trinajstić information content (AvgIpc) is 2.83. The first-order valence-electron chi connectivity index (χ1n) is 7.65. The highest BCUT2D eigenvalue weighted by Gasteiger charge is 2.20. The second kappa shape index (κ2) is 5.56.